The Kier molecular flexibility index (Phi) is 3.24. The molecule has 0 N–H and O–H groups in total. The third-order valence-corrected chi connectivity index (χ3v) is 2.33. The van der Waals surface area contributed by atoms with Gasteiger partial charge in [-0.25, -0.2) is 0 Å². The topological polar surface area (TPSA) is 17.1 Å². The van der Waals surface area contributed by atoms with Crippen LogP contribution in [0.5, 0.6) is 0 Å². The van der Waals surface area contributed by atoms with Crippen LogP contribution in [0.3, 0.4) is 0 Å². The van der Waals surface area contributed by atoms with Crippen molar-refractivity contribution in [1.29, 1.82) is 0 Å². The molecule has 0 aliphatic heterocycles. The molecular weight excluding hydrogens is 160 g/mol. The lowest BCUT2D eigenvalue weighted by Gasteiger charge is -2.14. The largest absolute Gasteiger partial charge is 0.303 e. The maximum absolute atomic E-state index is 10.8. The van der Waals surface area contributed by atoms with Gasteiger partial charge in [0, 0.05) is 5.92 Å². The van der Waals surface area contributed by atoms with Crippen LogP contribution in [0.2, 0.25) is 0 Å². The molecule has 1 aromatic carbocycles. The first-order chi connectivity index (χ1) is 6.15. The first kappa shape index (κ1) is 9.97. The van der Waals surface area contributed by atoms with Gasteiger partial charge in [-0.1, -0.05) is 43.7 Å². The summed E-state index contributed by atoms with van der Waals surface area (Å²) in [5.74, 6) is 0.417. The summed E-state index contributed by atoms with van der Waals surface area (Å²) >= 11 is 0. The number of benzene rings is 1. The monoisotopic (exact) mass is 176 g/mol. The van der Waals surface area contributed by atoms with Crippen molar-refractivity contribution >= 4 is 6.29 Å². The van der Waals surface area contributed by atoms with E-state index in [9.17, 15) is 4.79 Å². The summed E-state index contributed by atoms with van der Waals surface area (Å²) in [4.78, 5) is 10.8. The Bertz CT molecular complexity index is 272. The zero-order valence-corrected chi connectivity index (χ0v) is 8.45. The molecule has 1 aromatic rings. The van der Waals surface area contributed by atoms with Crippen LogP contribution in [0.15, 0.2) is 24.3 Å². The molecule has 0 radical (unpaired) electrons. The van der Waals surface area contributed by atoms with Gasteiger partial charge in [-0.05, 0) is 18.4 Å². The standard InChI is InChI=1S/C12H16O/c1-9(2)12(8-13)11-6-4-10(3)5-7-11/h4-9,12H,1-3H3/t12-/m1/s1. The third kappa shape index (κ3) is 2.41. The lowest BCUT2D eigenvalue weighted by Crippen LogP contribution is -2.07. The molecule has 0 unspecified atom stereocenters. The Balaban J connectivity index is 2.92. The Hall–Kier alpha value is -1.11. The molecule has 0 amide bonds. The van der Waals surface area contributed by atoms with E-state index >= 15 is 0 Å². The first-order valence-electron chi connectivity index (χ1n) is 4.67. The van der Waals surface area contributed by atoms with Crippen molar-refractivity contribution < 1.29 is 4.79 Å². The van der Waals surface area contributed by atoms with Gasteiger partial charge in [0.05, 0.1) is 0 Å². The molecule has 1 nitrogen and oxygen atoms in total. The number of hydrogen-bond donors (Lipinski definition) is 0. The lowest BCUT2D eigenvalue weighted by atomic mass is 9.89. The van der Waals surface area contributed by atoms with Crippen molar-refractivity contribution in [3.8, 4) is 0 Å². The molecule has 1 heteroatoms. The van der Waals surface area contributed by atoms with E-state index in [1.807, 2.05) is 24.3 Å². The summed E-state index contributed by atoms with van der Waals surface area (Å²) in [7, 11) is 0. The van der Waals surface area contributed by atoms with Crippen molar-refractivity contribution in [1.82, 2.24) is 0 Å². The summed E-state index contributed by atoms with van der Waals surface area (Å²) in [6.45, 7) is 6.19. The molecule has 0 aromatic heterocycles. The van der Waals surface area contributed by atoms with Crippen molar-refractivity contribution in [2.75, 3.05) is 0 Å². The fourth-order valence-corrected chi connectivity index (χ4v) is 1.41. The molecule has 0 saturated carbocycles. The number of hydrogen-bond acceptors (Lipinski definition) is 1. The molecule has 1 rings (SSSR count). The Morgan fingerprint density at radius 1 is 1.15 bits per heavy atom. The molecule has 70 valence electrons. The molecule has 1 atom stereocenters. The zero-order valence-electron chi connectivity index (χ0n) is 8.45. The first-order valence-corrected chi connectivity index (χ1v) is 4.67. The second-order valence-electron chi connectivity index (χ2n) is 3.82. The Labute approximate surface area is 79.8 Å². The van der Waals surface area contributed by atoms with Gasteiger partial charge in [-0.2, -0.15) is 0 Å². The number of carbonyl (C=O) groups excluding carboxylic acids is 1. The second kappa shape index (κ2) is 4.22. The van der Waals surface area contributed by atoms with Gasteiger partial charge < -0.3 is 4.79 Å². The number of rotatable bonds is 3. The highest BCUT2D eigenvalue weighted by atomic mass is 16.1. The van der Waals surface area contributed by atoms with Crippen LogP contribution in [-0.4, -0.2) is 6.29 Å². The zero-order chi connectivity index (χ0) is 9.84. The van der Waals surface area contributed by atoms with E-state index in [0.717, 1.165) is 11.8 Å². The van der Waals surface area contributed by atoms with Crippen LogP contribution >= 0.6 is 0 Å². The highest BCUT2D eigenvalue weighted by Crippen LogP contribution is 2.22. The molecule has 0 aliphatic rings. The average Bonchev–Trinajstić information content (AvgIpc) is 2.09. The van der Waals surface area contributed by atoms with E-state index in [4.69, 9.17) is 0 Å². The van der Waals surface area contributed by atoms with Crippen LogP contribution in [0.4, 0.5) is 0 Å². The summed E-state index contributed by atoms with van der Waals surface area (Å²) in [6.07, 6.45) is 1.04. The fourth-order valence-electron chi connectivity index (χ4n) is 1.41. The minimum atomic E-state index is 0.0422. The van der Waals surface area contributed by atoms with Gasteiger partial charge in [0.2, 0.25) is 0 Å². The maximum Gasteiger partial charge on any atom is 0.127 e. The van der Waals surface area contributed by atoms with Crippen LogP contribution in [0.1, 0.15) is 30.9 Å². The summed E-state index contributed by atoms with van der Waals surface area (Å²) in [5, 5.41) is 0. The Morgan fingerprint density at radius 2 is 1.69 bits per heavy atom. The highest BCUT2D eigenvalue weighted by Gasteiger charge is 2.13. The minimum absolute atomic E-state index is 0.0422. The highest BCUT2D eigenvalue weighted by molar-refractivity contribution is 5.62. The van der Waals surface area contributed by atoms with Gasteiger partial charge in [0.25, 0.3) is 0 Å². The molecule has 0 saturated heterocycles. The molecule has 0 bridgehead atoms. The lowest BCUT2D eigenvalue weighted by molar-refractivity contribution is -0.109. The summed E-state index contributed by atoms with van der Waals surface area (Å²) < 4.78 is 0. The van der Waals surface area contributed by atoms with E-state index in [0.29, 0.717) is 5.92 Å². The van der Waals surface area contributed by atoms with E-state index < -0.39 is 0 Å². The van der Waals surface area contributed by atoms with E-state index in [2.05, 4.69) is 20.8 Å². The van der Waals surface area contributed by atoms with Crippen LogP contribution in [-0.2, 0) is 4.79 Å². The van der Waals surface area contributed by atoms with Gasteiger partial charge in [0.1, 0.15) is 6.29 Å². The van der Waals surface area contributed by atoms with Crippen LogP contribution in [0, 0.1) is 12.8 Å². The maximum atomic E-state index is 10.8. The number of aryl methyl sites for hydroxylation is 1. The van der Waals surface area contributed by atoms with E-state index in [1.54, 1.807) is 0 Å². The number of carbonyl (C=O) groups is 1. The Morgan fingerprint density at radius 3 is 2.08 bits per heavy atom. The second-order valence-corrected chi connectivity index (χ2v) is 3.82. The smallest absolute Gasteiger partial charge is 0.127 e. The number of aldehydes is 1. The van der Waals surface area contributed by atoms with Gasteiger partial charge in [-0.3, -0.25) is 0 Å². The molecule has 0 aliphatic carbocycles. The molecule has 0 heterocycles. The van der Waals surface area contributed by atoms with Crippen LogP contribution in [0.25, 0.3) is 0 Å². The van der Waals surface area contributed by atoms with Crippen molar-refractivity contribution in [3.63, 3.8) is 0 Å². The van der Waals surface area contributed by atoms with Gasteiger partial charge >= 0.3 is 0 Å². The summed E-state index contributed by atoms with van der Waals surface area (Å²) in [5.41, 5.74) is 2.35. The van der Waals surface area contributed by atoms with E-state index in [1.165, 1.54) is 5.56 Å². The van der Waals surface area contributed by atoms with Crippen molar-refractivity contribution in [2.24, 2.45) is 5.92 Å². The molecule has 0 spiro atoms. The van der Waals surface area contributed by atoms with E-state index in [-0.39, 0.29) is 5.92 Å². The molecule has 0 fully saturated rings. The van der Waals surface area contributed by atoms with Gasteiger partial charge in [0.15, 0.2) is 0 Å². The molecule has 13 heavy (non-hydrogen) atoms. The van der Waals surface area contributed by atoms with Crippen molar-refractivity contribution in [3.05, 3.63) is 35.4 Å². The fraction of sp³-hybridized carbons (Fsp3) is 0.417. The van der Waals surface area contributed by atoms with Crippen LogP contribution < -0.4 is 0 Å². The third-order valence-electron chi connectivity index (χ3n) is 2.33. The predicted octanol–water partition coefficient (Wildman–Crippen LogP) is 2.93. The average molecular weight is 176 g/mol. The normalized spacial score (nSPS) is 12.9. The van der Waals surface area contributed by atoms with Gasteiger partial charge in [-0.15, -0.1) is 0 Å². The quantitative estimate of drug-likeness (QED) is 0.647. The molecular formula is C12H16O. The minimum Gasteiger partial charge on any atom is -0.303 e. The van der Waals surface area contributed by atoms with Crippen molar-refractivity contribution in [2.45, 2.75) is 26.7 Å². The SMILES string of the molecule is Cc1ccc([C@H](C=O)C(C)C)cc1. The summed E-state index contributed by atoms with van der Waals surface area (Å²) in [6, 6.07) is 8.17. The predicted molar refractivity (Wildman–Crippen MR) is 54.8 cm³/mol.